The van der Waals surface area contributed by atoms with Gasteiger partial charge in [-0.25, -0.2) is 0 Å². The summed E-state index contributed by atoms with van der Waals surface area (Å²) in [5, 5.41) is 9.69. The Bertz CT molecular complexity index is 345. The molecule has 17 heavy (non-hydrogen) atoms. The zero-order valence-corrected chi connectivity index (χ0v) is 12.1. The molecule has 0 aliphatic carbocycles. The van der Waals surface area contributed by atoms with E-state index in [0.29, 0.717) is 6.42 Å². The van der Waals surface area contributed by atoms with Crippen LogP contribution in [0.3, 0.4) is 0 Å². The number of hydrogen-bond acceptors (Lipinski definition) is 3. The van der Waals surface area contributed by atoms with Crippen molar-refractivity contribution in [3.05, 3.63) is 29.8 Å². The summed E-state index contributed by atoms with van der Waals surface area (Å²) in [6.45, 7) is 8.36. The van der Waals surface area contributed by atoms with Gasteiger partial charge in [0.05, 0.1) is 12.1 Å². The van der Waals surface area contributed by atoms with Crippen LogP contribution in [0.2, 0.25) is 19.6 Å². The average molecular weight is 253 g/mol. The SMILES string of the molecule is CC[C@H](O)[C@H](N)c1ccc(O[Si](C)(C)C)cc1. The van der Waals surface area contributed by atoms with E-state index in [0.717, 1.165) is 11.3 Å². The Morgan fingerprint density at radius 3 is 2.18 bits per heavy atom. The van der Waals surface area contributed by atoms with Crippen LogP contribution < -0.4 is 10.2 Å². The van der Waals surface area contributed by atoms with Crippen LogP contribution in [-0.4, -0.2) is 19.5 Å². The van der Waals surface area contributed by atoms with Crippen molar-refractivity contribution in [1.82, 2.24) is 0 Å². The molecule has 0 amide bonds. The molecule has 0 aromatic heterocycles. The molecule has 96 valence electrons. The van der Waals surface area contributed by atoms with Gasteiger partial charge in [-0.05, 0) is 43.8 Å². The maximum atomic E-state index is 9.69. The molecule has 2 atom stereocenters. The van der Waals surface area contributed by atoms with Gasteiger partial charge in [0.15, 0.2) is 0 Å². The monoisotopic (exact) mass is 253 g/mol. The van der Waals surface area contributed by atoms with Crippen molar-refractivity contribution in [2.75, 3.05) is 0 Å². The van der Waals surface area contributed by atoms with Crippen molar-refractivity contribution in [3.8, 4) is 5.75 Å². The van der Waals surface area contributed by atoms with Gasteiger partial charge in [0, 0.05) is 0 Å². The lowest BCUT2D eigenvalue weighted by Gasteiger charge is -2.21. The van der Waals surface area contributed by atoms with Crippen LogP contribution in [0.15, 0.2) is 24.3 Å². The molecule has 0 bridgehead atoms. The summed E-state index contributed by atoms with van der Waals surface area (Å²) in [6.07, 6.45) is 0.174. The second-order valence-electron chi connectivity index (χ2n) is 5.28. The number of hydrogen-bond donors (Lipinski definition) is 2. The Hall–Kier alpha value is -0.843. The highest BCUT2D eigenvalue weighted by atomic mass is 28.4. The highest BCUT2D eigenvalue weighted by Crippen LogP contribution is 2.21. The van der Waals surface area contributed by atoms with Crippen LogP contribution in [0.5, 0.6) is 5.75 Å². The second kappa shape index (κ2) is 5.66. The summed E-state index contributed by atoms with van der Waals surface area (Å²) in [4.78, 5) is 0. The Kier molecular flexibility index (Phi) is 4.74. The van der Waals surface area contributed by atoms with Gasteiger partial charge in [-0.3, -0.25) is 0 Å². The van der Waals surface area contributed by atoms with Crippen molar-refractivity contribution in [3.63, 3.8) is 0 Å². The van der Waals surface area contributed by atoms with E-state index in [1.54, 1.807) is 0 Å². The summed E-state index contributed by atoms with van der Waals surface area (Å²) < 4.78 is 5.86. The van der Waals surface area contributed by atoms with Crippen molar-refractivity contribution in [2.24, 2.45) is 5.73 Å². The molecule has 3 nitrogen and oxygen atoms in total. The maximum Gasteiger partial charge on any atom is 0.242 e. The Morgan fingerprint density at radius 1 is 1.24 bits per heavy atom. The van der Waals surface area contributed by atoms with E-state index in [1.807, 2.05) is 31.2 Å². The Morgan fingerprint density at radius 2 is 1.76 bits per heavy atom. The largest absolute Gasteiger partial charge is 0.544 e. The van der Waals surface area contributed by atoms with Crippen molar-refractivity contribution in [2.45, 2.75) is 45.1 Å². The zero-order valence-electron chi connectivity index (χ0n) is 11.1. The molecule has 4 heteroatoms. The van der Waals surface area contributed by atoms with Crippen molar-refractivity contribution >= 4 is 8.32 Å². The minimum Gasteiger partial charge on any atom is -0.544 e. The van der Waals surface area contributed by atoms with Crippen LogP contribution in [0.25, 0.3) is 0 Å². The summed E-state index contributed by atoms with van der Waals surface area (Å²) in [7, 11) is -1.55. The fourth-order valence-corrected chi connectivity index (χ4v) is 2.43. The molecule has 0 spiro atoms. The van der Waals surface area contributed by atoms with Gasteiger partial charge in [-0.15, -0.1) is 0 Å². The van der Waals surface area contributed by atoms with Crippen LogP contribution in [-0.2, 0) is 0 Å². The first-order valence-corrected chi connectivity index (χ1v) is 9.47. The molecule has 0 radical (unpaired) electrons. The summed E-state index contributed by atoms with van der Waals surface area (Å²) in [5.41, 5.74) is 6.89. The smallest absolute Gasteiger partial charge is 0.242 e. The number of rotatable bonds is 5. The van der Waals surface area contributed by atoms with E-state index in [4.69, 9.17) is 10.2 Å². The lowest BCUT2D eigenvalue weighted by Crippen LogP contribution is -2.29. The first kappa shape index (κ1) is 14.2. The fraction of sp³-hybridized carbons (Fsp3) is 0.538. The predicted octanol–water partition coefficient (Wildman–Crippen LogP) is 2.67. The third-order valence-electron chi connectivity index (χ3n) is 2.52. The summed E-state index contributed by atoms with van der Waals surface area (Å²) in [6, 6.07) is 7.39. The first-order chi connectivity index (χ1) is 7.83. The molecule has 0 saturated heterocycles. The topological polar surface area (TPSA) is 55.5 Å². The van der Waals surface area contributed by atoms with Gasteiger partial charge >= 0.3 is 0 Å². The fourth-order valence-electron chi connectivity index (χ4n) is 1.59. The highest BCUT2D eigenvalue weighted by Gasteiger charge is 2.17. The molecular weight excluding hydrogens is 230 g/mol. The number of aliphatic hydroxyl groups excluding tert-OH is 1. The highest BCUT2D eigenvalue weighted by molar-refractivity contribution is 6.70. The first-order valence-electron chi connectivity index (χ1n) is 6.06. The molecule has 0 fully saturated rings. The van der Waals surface area contributed by atoms with E-state index in [1.165, 1.54) is 0 Å². The van der Waals surface area contributed by atoms with Crippen LogP contribution in [0.1, 0.15) is 24.9 Å². The van der Waals surface area contributed by atoms with Gasteiger partial charge in [0.25, 0.3) is 0 Å². The lowest BCUT2D eigenvalue weighted by atomic mass is 10.0. The maximum absolute atomic E-state index is 9.69. The number of aliphatic hydroxyl groups is 1. The van der Waals surface area contributed by atoms with E-state index < -0.39 is 14.4 Å². The van der Waals surface area contributed by atoms with Crippen LogP contribution in [0.4, 0.5) is 0 Å². The van der Waals surface area contributed by atoms with Crippen LogP contribution >= 0.6 is 0 Å². The molecule has 0 saturated carbocycles. The number of benzene rings is 1. The summed E-state index contributed by atoms with van der Waals surface area (Å²) in [5.74, 6) is 0.881. The van der Waals surface area contributed by atoms with E-state index in [9.17, 15) is 5.11 Å². The van der Waals surface area contributed by atoms with Gasteiger partial charge in [0.2, 0.25) is 8.32 Å². The summed E-state index contributed by atoms with van der Waals surface area (Å²) >= 11 is 0. The van der Waals surface area contributed by atoms with Gasteiger partial charge in [0.1, 0.15) is 5.75 Å². The third-order valence-corrected chi connectivity index (χ3v) is 3.37. The molecule has 1 rings (SSSR count). The minimum atomic E-state index is -1.55. The number of nitrogens with two attached hydrogens (primary N) is 1. The molecule has 3 N–H and O–H groups in total. The normalized spacial score (nSPS) is 15.4. The molecule has 0 aliphatic heterocycles. The molecule has 0 unspecified atom stereocenters. The van der Waals surface area contributed by atoms with Crippen molar-refractivity contribution < 1.29 is 9.53 Å². The zero-order chi connectivity index (χ0) is 13.1. The average Bonchev–Trinajstić information content (AvgIpc) is 2.26. The molecule has 1 aromatic carbocycles. The Balaban J connectivity index is 2.74. The lowest BCUT2D eigenvalue weighted by molar-refractivity contribution is 0.140. The second-order valence-corrected chi connectivity index (χ2v) is 9.71. The van der Waals surface area contributed by atoms with E-state index in [-0.39, 0.29) is 6.04 Å². The van der Waals surface area contributed by atoms with Gasteiger partial charge in [-0.2, -0.15) is 0 Å². The molecule has 1 aromatic rings. The van der Waals surface area contributed by atoms with E-state index in [2.05, 4.69) is 19.6 Å². The van der Waals surface area contributed by atoms with Gasteiger partial charge in [-0.1, -0.05) is 19.1 Å². The minimum absolute atomic E-state index is 0.319. The predicted molar refractivity (Wildman–Crippen MR) is 73.6 cm³/mol. The van der Waals surface area contributed by atoms with Gasteiger partial charge < -0.3 is 15.3 Å². The quantitative estimate of drug-likeness (QED) is 0.793. The van der Waals surface area contributed by atoms with Crippen LogP contribution in [0, 0.1) is 0 Å². The van der Waals surface area contributed by atoms with E-state index >= 15 is 0 Å². The standard InChI is InChI=1S/C13H23NO2Si/c1-5-12(15)13(14)10-6-8-11(9-7-10)16-17(2,3)4/h6-9,12-13,15H,5,14H2,1-4H3/t12-,13+/m0/s1. The van der Waals surface area contributed by atoms with Crippen molar-refractivity contribution in [1.29, 1.82) is 0 Å². The third kappa shape index (κ3) is 4.50. The molecule has 0 heterocycles. The molecular formula is C13H23NO2Si. The Labute approximate surface area is 105 Å². The molecule has 0 aliphatic rings.